The summed E-state index contributed by atoms with van der Waals surface area (Å²) in [4.78, 5) is 57.3. The molecule has 0 saturated heterocycles. The Labute approximate surface area is 315 Å². The number of ether oxygens (including phenoxy) is 2. The zero-order chi connectivity index (χ0) is 39.7. The summed E-state index contributed by atoms with van der Waals surface area (Å²) in [7, 11) is -4.24. The van der Waals surface area contributed by atoms with Crippen molar-refractivity contribution in [3.63, 3.8) is 0 Å². The van der Waals surface area contributed by atoms with Gasteiger partial charge in [0.15, 0.2) is 5.65 Å². The van der Waals surface area contributed by atoms with Gasteiger partial charge in [-0.25, -0.2) is 22.7 Å². The summed E-state index contributed by atoms with van der Waals surface area (Å²) in [6, 6.07) is 11.1. The average Bonchev–Trinajstić information content (AvgIpc) is 3.71. The van der Waals surface area contributed by atoms with E-state index in [4.69, 9.17) is 9.47 Å². The van der Waals surface area contributed by atoms with Crippen molar-refractivity contribution < 1.29 is 37.1 Å². The lowest BCUT2D eigenvalue weighted by Gasteiger charge is -2.26. The molecule has 0 saturated carbocycles. The Morgan fingerprint density at radius 1 is 0.944 bits per heavy atom. The van der Waals surface area contributed by atoms with Crippen LogP contribution in [0, 0.1) is 12.8 Å². The van der Waals surface area contributed by atoms with Gasteiger partial charge in [0.05, 0.1) is 22.7 Å². The summed E-state index contributed by atoms with van der Waals surface area (Å²) in [5, 5.41) is 10.0. The summed E-state index contributed by atoms with van der Waals surface area (Å²) in [6.07, 6.45) is 2.71. The third-order valence-corrected chi connectivity index (χ3v) is 10.3. The number of carbonyl (C=O) groups excluding carboxylic acids is 4. The van der Waals surface area contributed by atoms with Crippen LogP contribution in [0.25, 0.3) is 5.65 Å². The molecule has 14 nitrogen and oxygen atoms in total. The van der Waals surface area contributed by atoms with Crippen molar-refractivity contribution in [1.29, 1.82) is 0 Å². The van der Waals surface area contributed by atoms with Gasteiger partial charge in [-0.2, -0.15) is 9.82 Å². The van der Waals surface area contributed by atoms with E-state index < -0.39 is 56.9 Å². The molecule has 2 atom stereocenters. The molecule has 0 aliphatic heterocycles. The van der Waals surface area contributed by atoms with Crippen molar-refractivity contribution in [2.45, 2.75) is 110 Å². The highest BCUT2D eigenvalue weighted by molar-refractivity contribution is 7.89. The molecule has 3 N–H and O–H groups in total. The summed E-state index contributed by atoms with van der Waals surface area (Å²) in [6.45, 7) is 15.6. The van der Waals surface area contributed by atoms with Crippen LogP contribution in [0.5, 0.6) is 0 Å². The molecule has 2 amide bonds. The quantitative estimate of drug-likeness (QED) is 0.176. The van der Waals surface area contributed by atoms with E-state index in [9.17, 15) is 27.6 Å². The van der Waals surface area contributed by atoms with Crippen molar-refractivity contribution in [1.82, 2.24) is 30.0 Å². The zero-order valence-corrected chi connectivity index (χ0v) is 32.9. The van der Waals surface area contributed by atoms with Crippen LogP contribution in [0.3, 0.4) is 0 Å². The van der Waals surface area contributed by atoms with Gasteiger partial charge in [-0.15, -0.1) is 0 Å². The average molecular weight is 761 g/mol. The highest BCUT2D eigenvalue weighted by Crippen LogP contribution is 2.35. The van der Waals surface area contributed by atoms with E-state index in [0.717, 1.165) is 16.7 Å². The topological polar surface area (TPSA) is 187 Å². The summed E-state index contributed by atoms with van der Waals surface area (Å²) in [5.74, 6) is -2.66. The first-order chi connectivity index (χ1) is 25.1. The molecule has 0 spiro atoms. The van der Waals surface area contributed by atoms with Crippen molar-refractivity contribution in [3.8, 4) is 0 Å². The van der Waals surface area contributed by atoms with Crippen molar-refractivity contribution >= 4 is 39.4 Å². The second kappa shape index (κ2) is 15.3. The maximum Gasteiger partial charge on any atom is 0.338 e. The molecule has 15 heteroatoms. The number of nitrogens with one attached hydrogen (secondary N) is 3. The van der Waals surface area contributed by atoms with E-state index >= 15 is 0 Å². The largest absolute Gasteiger partial charge is 0.459 e. The molecule has 2 heterocycles. The molecule has 288 valence electrons. The minimum atomic E-state index is -4.24. The SMILES string of the molecule is Cc1c(C(=O)OC(C)(C)C)ccc2c1CC[C@@H]2NC(=O)c1cc(C(=O)NCc2ccccc2S(=O)(=O)N[C@@H](C(=O)OC(C)(C)C)C(C)C)nc2ccnn12. The summed E-state index contributed by atoms with van der Waals surface area (Å²) in [5.41, 5.74) is 2.21. The van der Waals surface area contributed by atoms with Crippen molar-refractivity contribution in [2.75, 3.05) is 0 Å². The van der Waals surface area contributed by atoms with Gasteiger partial charge in [0.1, 0.15) is 28.6 Å². The number of amides is 2. The number of sulfonamides is 1. The molecule has 4 aromatic rings. The van der Waals surface area contributed by atoms with Crippen LogP contribution in [0.4, 0.5) is 0 Å². The predicted octanol–water partition coefficient (Wildman–Crippen LogP) is 4.98. The summed E-state index contributed by atoms with van der Waals surface area (Å²) < 4.78 is 42.1. The first-order valence-electron chi connectivity index (χ1n) is 17.8. The standard InChI is InChI=1S/C39H48N6O8S/c1-22(2)33(37(49)53-39(7,8)9)44-54(50,51)31-13-11-10-12-24(31)21-40-34(46)29-20-30(45-32(42-29)18-19-41-45)35(47)43-28-17-16-25-23(3)26(14-15-27(25)28)36(48)52-38(4,5)6/h10-15,18-20,22,28,33,44H,16-17,21H2,1-9H3,(H,40,46)(H,43,47)/t28-,33+/m0/s1. The predicted molar refractivity (Wildman–Crippen MR) is 200 cm³/mol. The first kappa shape index (κ1) is 40.0. The fourth-order valence-electron chi connectivity index (χ4n) is 6.24. The van der Waals surface area contributed by atoms with Gasteiger partial charge in [0, 0.05) is 18.7 Å². The molecule has 54 heavy (non-hydrogen) atoms. The number of fused-ring (bicyclic) bond motifs is 2. The Morgan fingerprint density at radius 2 is 1.63 bits per heavy atom. The smallest absolute Gasteiger partial charge is 0.338 e. The molecule has 0 unspecified atom stereocenters. The molecular weight excluding hydrogens is 713 g/mol. The minimum Gasteiger partial charge on any atom is -0.459 e. The van der Waals surface area contributed by atoms with Gasteiger partial charge in [-0.1, -0.05) is 38.1 Å². The molecule has 2 aromatic carbocycles. The van der Waals surface area contributed by atoms with Crippen LogP contribution in [0.15, 0.2) is 59.6 Å². The lowest BCUT2D eigenvalue weighted by molar-refractivity contribution is -0.158. The van der Waals surface area contributed by atoms with Gasteiger partial charge < -0.3 is 20.1 Å². The molecular formula is C39H48N6O8S. The van der Waals surface area contributed by atoms with Crippen molar-refractivity contribution in [2.24, 2.45) is 5.92 Å². The summed E-state index contributed by atoms with van der Waals surface area (Å²) >= 11 is 0. The maximum absolute atomic E-state index is 13.8. The van der Waals surface area contributed by atoms with Crippen LogP contribution >= 0.6 is 0 Å². The van der Waals surface area contributed by atoms with Gasteiger partial charge in [-0.05, 0) is 102 Å². The van der Waals surface area contributed by atoms with E-state index in [1.807, 2.05) is 33.8 Å². The Hall–Kier alpha value is -5.15. The highest BCUT2D eigenvalue weighted by atomic mass is 32.2. The third-order valence-electron chi connectivity index (χ3n) is 8.75. The fourth-order valence-corrected chi connectivity index (χ4v) is 7.81. The number of carbonyl (C=O) groups is 4. The molecule has 2 aromatic heterocycles. The third kappa shape index (κ3) is 9.13. The Bertz CT molecular complexity index is 2220. The number of benzene rings is 2. The van der Waals surface area contributed by atoms with E-state index in [1.165, 1.54) is 22.8 Å². The van der Waals surface area contributed by atoms with E-state index in [-0.39, 0.29) is 40.1 Å². The molecule has 5 rings (SSSR count). The lowest BCUT2D eigenvalue weighted by atomic mass is 9.97. The van der Waals surface area contributed by atoms with Crippen LogP contribution in [-0.2, 0) is 37.3 Å². The van der Waals surface area contributed by atoms with Gasteiger partial charge in [-0.3, -0.25) is 14.4 Å². The minimum absolute atomic E-state index is 0.0692. The van der Waals surface area contributed by atoms with E-state index in [2.05, 4.69) is 25.4 Å². The molecule has 0 bridgehead atoms. The molecule has 0 radical (unpaired) electrons. The first-order valence-corrected chi connectivity index (χ1v) is 19.3. The van der Waals surface area contributed by atoms with Crippen molar-refractivity contribution in [3.05, 3.63) is 93.9 Å². The molecule has 1 aliphatic rings. The monoisotopic (exact) mass is 760 g/mol. The highest BCUT2D eigenvalue weighted by Gasteiger charge is 2.34. The maximum atomic E-state index is 13.8. The lowest BCUT2D eigenvalue weighted by Crippen LogP contribution is -2.47. The van der Waals surface area contributed by atoms with Gasteiger partial charge >= 0.3 is 11.9 Å². The Balaban J connectivity index is 1.33. The molecule has 1 aliphatic carbocycles. The zero-order valence-electron chi connectivity index (χ0n) is 32.1. The Kier molecular flexibility index (Phi) is 11.3. The number of hydrogen-bond acceptors (Lipinski definition) is 10. The fraction of sp³-hybridized carbons (Fsp3) is 0.436. The van der Waals surface area contributed by atoms with Gasteiger partial charge in [0.2, 0.25) is 10.0 Å². The van der Waals surface area contributed by atoms with Gasteiger partial charge in [0.25, 0.3) is 11.8 Å². The second-order valence-corrected chi connectivity index (χ2v) is 17.3. The van der Waals surface area contributed by atoms with Crippen LogP contribution in [0.2, 0.25) is 0 Å². The Morgan fingerprint density at radius 3 is 2.30 bits per heavy atom. The number of aromatic nitrogens is 3. The van der Waals surface area contributed by atoms with Crippen LogP contribution in [0.1, 0.15) is 121 Å². The number of rotatable bonds is 11. The van der Waals surface area contributed by atoms with E-state index in [1.54, 1.807) is 65.0 Å². The second-order valence-electron chi connectivity index (χ2n) is 15.7. The van der Waals surface area contributed by atoms with Crippen LogP contribution < -0.4 is 15.4 Å². The van der Waals surface area contributed by atoms with Crippen LogP contribution in [-0.4, -0.2) is 64.0 Å². The molecule has 0 fully saturated rings. The van der Waals surface area contributed by atoms with E-state index in [0.29, 0.717) is 18.4 Å². The number of hydrogen-bond donors (Lipinski definition) is 3. The number of esters is 2. The number of nitrogens with zero attached hydrogens (tertiary/aromatic N) is 3. The normalized spacial score (nSPS) is 15.1.